The summed E-state index contributed by atoms with van der Waals surface area (Å²) in [6, 6.07) is 0. The number of hydrogen-bond acceptors (Lipinski definition) is 3. The zero-order chi connectivity index (χ0) is 11.6. The third-order valence-electron chi connectivity index (χ3n) is 4.28. The van der Waals surface area contributed by atoms with Crippen LogP contribution in [0.4, 0.5) is 0 Å². The van der Waals surface area contributed by atoms with Gasteiger partial charge in [0, 0.05) is 0 Å². The van der Waals surface area contributed by atoms with Gasteiger partial charge < -0.3 is 15.6 Å². The molecule has 0 aromatic rings. The molecule has 0 radical (unpaired) electrons. The Hall–Kier alpha value is -0.120. The standard InChI is InChI=1S/C13H25NO2/c1-10-4-2-3-5-12(10)16-9-13(14,8-15)11-6-7-11/h10-12,15H,2-9,14H2,1H3. The molecule has 3 unspecified atom stereocenters. The molecule has 0 bridgehead atoms. The van der Waals surface area contributed by atoms with Gasteiger partial charge in [-0.2, -0.15) is 0 Å². The Bertz CT molecular complexity index is 230. The van der Waals surface area contributed by atoms with E-state index in [1.54, 1.807) is 0 Å². The molecule has 2 aliphatic carbocycles. The Kier molecular flexibility index (Phi) is 3.88. The molecule has 0 aromatic heterocycles. The first-order valence-electron chi connectivity index (χ1n) is 6.67. The summed E-state index contributed by atoms with van der Waals surface area (Å²) in [5.74, 6) is 1.13. The summed E-state index contributed by atoms with van der Waals surface area (Å²) in [7, 11) is 0. The highest BCUT2D eigenvalue weighted by atomic mass is 16.5. The Morgan fingerprint density at radius 1 is 1.25 bits per heavy atom. The molecule has 0 aromatic carbocycles. The number of aliphatic hydroxyl groups is 1. The van der Waals surface area contributed by atoms with Crippen molar-refractivity contribution >= 4 is 0 Å². The summed E-state index contributed by atoms with van der Waals surface area (Å²) in [6.07, 6.45) is 7.70. The molecule has 2 saturated carbocycles. The van der Waals surface area contributed by atoms with E-state index in [4.69, 9.17) is 10.5 Å². The van der Waals surface area contributed by atoms with Crippen LogP contribution >= 0.6 is 0 Å². The number of nitrogens with two attached hydrogens (primary N) is 1. The normalized spacial score (nSPS) is 34.7. The van der Waals surface area contributed by atoms with Gasteiger partial charge in [0.2, 0.25) is 0 Å². The van der Waals surface area contributed by atoms with Gasteiger partial charge in [-0.25, -0.2) is 0 Å². The molecule has 0 saturated heterocycles. The molecule has 3 N–H and O–H groups in total. The fraction of sp³-hybridized carbons (Fsp3) is 1.00. The van der Waals surface area contributed by atoms with Gasteiger partial charge in [0.1, 0.15) is 0 Å². The molecule has 0 heterocycles. The number of ether oxygens (including phenoxy) is 1. The van der Waals surface area contributed by atoms with Crippen LogP contribution in [0.1, 0.15) is 45.4 Å². The SMILES string of the molecule is CC1CCCCC1OCC(N)(CO)C1CC1. The smallest absolute Gasteiger partial charge is 0.0675 e. The van der Waals surface area contributed by atoms with E-state index in [0.717, 1.165) is 19.3 Å². The van der Waals surface area contributed by atoms with Crippen LogP contribution in [-0.2, 0) is 4.74 Å². The monoisotopic (exact) mass is 227 g/mol. The Balaban J connectivity index is 1.80. The summed E-state index contributed by atoms with van der Waals surface area (Å²) >= 11 is 0. The average Bonchev–Trinajstić information content (AvgIpc) is 3.12. The molecule has 16 heavy (non-hydrogen) atoms. The minimum atomic E-state index is -0.475. The quantitative estimate of drug-likeness (QED) is 0.751. The van der Waals surface area contributed by atoms with Crippen molar-refractivity contribution in [3.05, 3.63) is 0 Å². The van der Waals surface area contributed by atoms with Crippen LogP contribution in [0.2, 0.25) is 0 Å². The number of aliphatic hydroxyl groups excluding tert-OH is 1. The fourth-order valence-corrected chi connectivity index (χ4v) is 2.74. The van der Waals surface area contributed by atoms with Gasteiger partial charge >= 0.3 is 0 Å². The molecule has 2 rings (SSSR count). The predicted octanol–water partition coefficient (Wildman–Crippen LogP) is 1.68. The van der Waals surface area contributed by atoms with E-state index in [1.807, 2.05) is 0 Å². The molecule has 94 valence electrons. The lowest BCUT2D eigenvalue weighted by atomic mass is 9.87. The van der Waals surface area contributed by atoms with Gasteiger partial charge in [0.25, 0.3) is 0 Å². The first-order valence-corrected chi connectivity index (χ1v) is 6.67. The maximum absolute atomic E-state index is 9.39. The van der Waals surface area contributed by atoms with Gasteiger partial charge in [0.05, 0.1) is 24.9 Å². The molecule has 3 atom stereocenters. The van der Waals surface area contributed by atoms with Crippen molar-refractivity contribution < 1.29 is 9.84 Å². The maximum atomic E-state index is 9.39. The van der Waals surface area contributed by atoms with E-state index >= 15 is 0 Å². The topological polar surface area (TPSA) is 55.5 Å². The van der Waals surface area contributed by atoms with Gasteiger partial charge in [-0.1, -0.05) is 19.8 Å². The molecular formula is C13H25NO2. The van der Waals surface area contributed by atoms with E-state index < -0.39 is 5.54 Å². The molecule has 0 aliphatic heterocycles. The third kappa shape index (κ3) is 2.76. The molecule has 2 fully saturated rings. The summed E-state index contributed by atoms with van der Waals surface area (Å²) in [4.78, 5) is 0. The molecule has 0 amide bonds. The summed E-state index contributed by atoms with van der Waals surface area (Å²) in [5, 5.41) is 9.39. The van der Waals surface area contributed by atoms with Crippen LogP contribution in [0.25, 0.3) is 0 Å². The molecule has 3 nitrogen and oxygen atoms in total. The van der Waals surface area contributed by atoms with Gasteiger partial charge in [0.15, 0.2) is 0 Å². The zero-order valence-electron chi connectivity index (χ0n) is 10.3. The van der Waals surface area contributed by atoms with Crippen molar-refractivity contribution in [3.63, 3.8) is 0 Å². The molecule has 2 aliphatic rings. The average molecular weight is 227 g/mol. The van der Waals surface area contributed by atoms with Crippen LogP contribution in [0.5, 0.6) is 0 Å². The molecule has 0 spiro atoms. The van der Waals surface area contributed by atoms with Crippen molar-refractivity contribution in [2.75, 3.05) is 13.2 Å². The number of hydrogen-bond donors (Lipinski definition) is 2. The van der Waals surface area contributed by atoms with Crippen LogP contribution in [0, 0.1) is 11.8 Å². The lowest BCUT2D eigenvalue weighted by molar-refractivity contribution is -0.0424. The van der Waals surface area contributed by atoms with Crippen molar-refractivity contribution in [2.24, 2.45) is 17.6 Å². The van der Waals surface area contributed by atoms with Crippen molar-refractivity contribution in [1.82, 2.24) is 0 Å². The summed E-state index contributed by atoms with van der Waals surface area (Å²) in [6.45, 7) is 2.85. The first kappa shape index (κ1) is 12.3. The van der Waals surface area contributed by atoms with Gasteiger partial charge in [-0.3, -0.25) is 0 Å². The maximum Gasteiger partial charge on any atom is 0.0675 e. The Labute approximate surface area is 98.4 Å². The largest absolute Gasteiger partial charge is 0.394 e. The zero-order valence-corrected chi connectivity index (χ0v) is 10.3. The predicted molar refractivity (Wildman–Crippen MR) is 64.1 cm³/mol. The second-order valence-electron chi connectivity index (χ2n) is 5.78. The van der Waals surface area contributed by atoms with Gasteiger partial charge in [-0.15, -0.1) is 0 Å². The van der Waals surface area contributed by atoms with Gasteiger partial charge in [-0.05, 0) is 37.5 Å². The highest BCUT2D eigenvalue weighted by Gasteiger charge is 2.42. The van der Waals surface area contributed by atoms with E-state index in [9.17, 15) is 5.11 Å². The Morgan fingerprint density at radius 3 is 2.50 bits per heavy atom. The second kappa shape index (κ2) is 5.03. The summed E-state index contributed by atoms with van der Waals surface area (Å²) < 4.78 is 5.97. The fourth-order valence-electron chi connectivity index (χ4n) is 2.74. The minimum Gasteiger partial charge on any atom is -0.394 e. The van der Waals surface area contributed by atoms with Crippen LogP contribution < -0.4 is 5.73 Å². The van der Waals surface area contributed by atoms with Crippen molar-refractivity contribution in [1.29, 1.82) is 0 Å². The van der Waals surface area contributed by atoms with E-state index in [1.165, 1.54) is 19.3 Å². The van der Waals surface area contributed by atoms with E-state index in [-0.39, 0.29) is 6.61 Å². The molecular weight excluding hydrogens is 202 g/mol. The lowest BCUT2D eigenvalue weighted by Crippen LogP contribution is -2.51. The van der Waals surface area contributed by atoms with Crippen LogP contribution in [0.3, 0.4) is 0 Å². The minimum absolute atomic E-state index is 0.0543. The Morgan fingerprint density at radius 2 is 1.94 bits per heavy atom. The lowest BCUT2D eigenvalue weighted by Gasteiger charge is -2.34. The highest BCUT2D eigenvalue weighted by Crippen LogP contribution is 2.39. The van der Waals surface area contributed by atoms with E-state index in [2.05, 4.69) is 6.92 Å². The van der Waals surface area contributed by atoms with Crippen LogP contribution in [-0.4, -0.2) is 30.0 Å². The van der Waals surface area contributed by atoms with Crippen molar-refractivity contribution in [3.8, 4) is 0 Å². The highest BCUT2D eigenvalue weighted by molar-refractivity contribution is 4.98. The van der Waals surface area contributed by atoms with Crippen molar-refractivity contribution in [2.45, 2.75) is 57.1 Å². The molecule has 3 heteroatoms. The second-order valence-corrected chi connectivity index (χ2v) is 5.78. The first-order chi connectivity index (χ1) is 7.65. The van der Waals surface area contributed by atoms with Crippen LogP contribution in [0.15, 0.2) is 0 Å². The third-order valence-corrected chi connectivity index (χ3v) is 4.28. The van der Waals surface area contributed by atoms with E-state index in [0.29, 0.717) is 24.5 Å². The summed E-state index contributed by atoms with van der Waals surface area (Å²) in [5.41, 5.74) is 5.72. The number of rotatable bonds is 5.